The Kier molecular flexibility index (Phi) is 4.09. The summed E-state index contributed by atoms with van der Waals surface area (Å²) in [6, 6.07) is 10.4. The van der Waals surface area contributed by atoms with Crippen LogP contribution in [0.4, 0.5) is 5.69 Å². The minimum Gasteiger partial charge on any atom is -0.495 e. The topological polar surface area (TPSA) is 97.0 Å². The van der Waals surface area contributed by atoms with E-state index in [9.17, 15) is 8.42 Å². The van der Waals surface area contributed by atoms with Crippen molar-refractivity contribution < 1.29 is 13.2 Å². The molecule has 3 aromatic heterocycles. The lowest BCUT2D eigenvalue weighted by molar-refractivity contribution is 0.417. The number of nitrogens with zero attached hydrogens (tertiary/aromatic N) is 2. The van der Waals surface area contributed by atoms with Crippen molar-refractivity contribution >= 4 is 38.2 Å². The van der Waals surface area contributed by atoms with Crippen molar-refractivity contribution in [2.75, 3.05) is 11.8 Å². The van der Waals surface area contributed by atoms with Gasteiger partial charge in [0.15, 0.2) is 5.65 Å². The van der Waals surface area contributed by atoms with Crippen LogP contribution in [0.3, 0.4) is 0 Å². The number of methoxy groups -OCH3 is 1. The average Bonchev–Trinajstić information content (AvgIpc) is 3.31. The number of fused-ring (bicyclic) bond motifs is 1. The van der Waals surface area contributed by atoms with Crippen LogP contribution in [-0.4, -0.2) is 30.5 Å². The van der Waals surface area contributed by atoms with Crippen molar-refractivity contribution in [2.45, 2.75) is 4.21 Å². The van der Waals surface area contributed by atoms with E-state index in [4.69, 9.17) is 4.74 Å². The van der Waals surface area contributed by atoms with E-state index in [0.717, 1.165) is 28.1 Å². The molecular weight excluding hydrogens is 372 g/mol. The molecule has 0 aliphatic rings. The molecule has 132 valence electrons. The Bertz CT molecular complexity index is 1130. The van der Waals surface area contributed by atoms with E-state index in [0.29, 0.717) is 17.1 Å². The number of H-pyrrole nitrogens is 1. The lowest BCUT2D eigenvalue weighted by Gasteiger charge is -2.12. The number of anilines is 1. The molecule has 3 heterocycles. The number of rotatable bonds is 5. The Balaban J connectivity index is 1.76. The van der Waals surface area contributed by atoms with Gasteiger partial charge in [-0.1, -0.05) is 6.07 Å². The van der Waals surface area contributed by atoms with Gasteiger partial charge in [0.05, 0.1) is 12.8 Å². The molecule has 4 aromatic rings. The summed E-state index contributed by atoms with van der Waals surface area (Å²) < 4.78 is 33.2. The second-order valence-corrected chi connectivity index (χ2v) is 8.28. The van der Waals surface area contributed by atoms with Crippen molar-refractivity contribution in [3.05, 3.63) is 54.2 Å². The predicted octanol–water partition coefficient (Wildman–Crippen LogP) is 3.50. The summed E-state index contributed by atoms with van der Waals surface area (Å²) in [6.45, 7) is 0. The second kappa shape index (κ2) is 6.43. The number of ether oxygens (including phenoxy) is 1. The molecule has 0 fully saturated rings. The van der Waals surface area contributed by atoms with Crippen molar-refractivity contribution in [3.8, 4) is 17.0 Å². The number of aromatic amines is 1. The Morgan fingerprint density at radius 2 is 2.00 bits per heavy atom. The molecule has 0 atom stereocenters. The average molecular weight is 386 g/mol. The smallest absolute Gasteiger partial charge is 0.271 e. The standard InChI is InChI=1S/C17H14N4O3S2/c1-24-15-5-4-11(12-10-14-17(20-12)19-7-6-18-14)9-13(15)21-26(22,23)16-3-2-8-25-16/h2-10,21H,1H3,(H,19,20). The molecule has 0 aliphatic carbocycles. The van der Waals surface area contributed by atoms with Gasteiger partial charge in [0.25, 0.3) is 10.0 Å². The van der Waals surface area contributed by atoms with Crippen molar-refractivity contribution in [1.82, 2.24) is 15.0 Å². The van der Waals surface area contributed by atoms with Gasteiger partial charge in [-0.25, -0.2) is 13.4 Å². The maximum atomic E-state index is 12.5. The van der Waals surface area contributed by atoms with Crippen LogP contribution in [0.2, 0.25) is 0 Å². The number of sulfonamides is 1. The third-order valence-electron chi connectivity index (χ3n) is 3.78. The first-order valence-corrected chi connectivity index (χ1v) is 9.97. The van der Waals surface area contributed by atoms with Gasteiger partial charge in [-0.15, -0.1) is 11.3 Å². The highest BCUT2D eigenvalue weighted by atomic mass is 32.2. The molecule has 7 nitrogen and oxygen atoms in total. The number of thiophene rings is 1. The van der Waals surface area contributed by atoms with Crippen LogP contribution in [-0.2, 0) is 10.0 Å². The minimum atomic E-state index is -3.67. The zero-order valence-electron chi connectivity index (χ0n) is 13.6. The number of hydrogen-bond donors (Lipinski definition) is 2. The quantitative estimate of drug-likeness (QED) is 0.547. The van der Waals surface area contributed by atoms with E-state index >= 15 is 0 Å². The van der Waals surface area contributed by atoms with Gasteiger partial charge in [-0.3, -0.25) is 9.71 Å². The molecule has 4 rings (SSSR count). The fourth-order valence-electron chi connectivity index (χ4n) is 2.57. The first-order valence-electron chi connectivity index (χ1n) is 7.61. The van der Waals surface area contributed by atoms with Gasteiger partial charge in [-0.2, -0.15) is 0 Å². The van der Waals surface area contributed by atoms with Crippen LogP contribution in [0.15, 0.2) is 58.4 Å². The minimum absolute atomic E-state index is 0.240. The van der Waals surface area contributed by atoms with Gasteiger partial charge in [0.1, 0.15) is 15.5 Å². The summed E-state index contributed by atoms with van der Waals surface area (Å²) >= 11 is 1.15. The lowest BCUT2D eigenvalue weighted by Crippen LogP contribution is -2.12. The summed E-state index contributed by atoms with van der Waals surface area (Å²) in [5, 5.41) is 1.71. The highest BCUT2D eigenvalue weighted by Crippen LogP contribution is 2.33. The second-order valence-electron chi connectivity index (χ2n) is 5.43. The molecule has 0 saturated heterocycles. The first-order chi connectivity index (χ1) is 12.6. The number of nitrogens with one attached hydrogen (secondary N) is 2. The zero-order valence-corrected chi connectivity index (χ0v) is 15.3. The van der Waals surface area contributed by atoms with E-state index < -0.39 is 10.0 Å². The molecule has 0 amide bonds. The van der Waals surface area contributed by atoms with Crippen LogP contribution in [0, 0.1) is 0 Å². The summed E-state index contributed by atoms with van der Waals surface area (Å²) in [4.78, 5) is 11.6. The maximum Gasteiger partial charge on any atom is 0.271 e. The fraction of sp³-hybridized carbons (Fsp3) is 0.0588. The van der Waals surface area contributed by atoms with Gasteiger partial charge in [0.2, 0.25) is 0 Å². The largest absolute Gasteiger partial charge is 0.495 e. The molecule has 0 unspecified atom stereocenters. The van der Waals surface area contributed by atoms with Gasteiger partial charge >= 0.3 is 0 Å². The number of hydrogen-bond acceptors (Lipinski definition) is 6. The summed E-state index contributed by atoms with van der Waals surface area (Å²) in [7, 11) is -2.18. The van der Waals surface area contributed by atoms with Gasteiger partial charge in [-0.05, 0) is 35.7 Å². The van der Waals surface area contributed by atoms with E-state index in [-0.39, 0.29) is 4.21 Å². The molecule has 0 saturated carbocycles. The summed E-state index contributed by atoms with van der Waals surface area (Å²) in [5.74, 6) is 0.432. The van der Waals surface area contributed by atoms with Crippen molar-refractivity contribution in [3.63, 3.8) is 0 Å². The Morgan fingerprint density at radius 1 is 1.15 bits per heavy atom. The highest BCUT2D eigenvalue weighted by Gasteiger charge is 2.18. The predicted molar refractivity (Wildman–Crippen MR) is 101 cm³/mol. The zero-order chi connectivity index (χ0) is 18.1. The van der Waals surface area contributed by atoms with E-state index in [1.807, 2.05) is 12.1 Å². The van der Waals surface area contributed by atoms with Gasteiger partial charge < -0.3 is 9.72 Å². The fourth-order valence-corrected chi connectivity index (χ4v) is 4.63. The van der Waals surface area contributed by atoms with Crippen molar-refractivity contribution in [1.29, 1.82) is 0 Å². The van der Waals surface area contributed by atoms with Crippen LogP contribution in [0.1, 0.15) is 0 Å². The Hall–Kier alpha value is -2.91. The van der Waals surface area contributed by atoms with E-state index in [1.165, 1.54) is 7.11 Å². The van der Waals surface area contributed by atoms with Crippen LogP contribution in [0.5, 0.6) is 5.75 Å². The van der Waals surface area contributed by atoms with Crippen molar-refractivity contribution in [2.24, 2.45) is 0 Å². The van der Waals surface area contributed by atoms with Crippen LogP contribution >= 0.6 is 11.3 Å². The Labute approximate surface area is 153 Å². The SMILES string of the molecule is COc1ccc(-c2cc3nccnc3[nH]2)cc1NS(=O)(=O)c1cccs1. The molecule has 0 radical (unpaired) electrons. The monoisotopic (exact) mass is 386 g/mol. The first kappa shape index (κ1) is 16.6. The molecule has 0 aliphatic heterocycles. The molecule has 9 heteroatoms. The Morgan fingerprint density at radius 3 is 2.73 bits per heavy atom. The van der Waals surface area contributed by atoms with E-state index in [2.05, 4.69) is 19.7 Å². The highest BCUT2D eigenvalue weighted by molar-refractivity contribution is 7.94. The third-order valence-corrected chi connectivity index (χ3v) is 6.54. The normalized spacial score (nSPS) is 11.6. The molecule has 2 N–H and O–H groups in total. The van der Waals surface area contributed by atoms with E-state index in [1.54, 1.807) is 42.0 Å². The molecule has 0 spiro atoms. The van der Waals surface area contributed by atoms with Crippen LogP contribution in [0.25, 0.3) is 22.4 Å². The number of aromatic nitrogens is 3. The summed E-state index contributed by atoms with van der Waals surface area (Å²) in [5.41, 5.74) is 3.33. The molecule has 0 bridgehead atoms. The molecular formula is C17H14N4O3S2. The van der Waals surface area contributed by atoms with Gasteiger partial charge in [0, 0.05) is 23.7 Å². The maximum absolute atomic E-state index is 12.5. The lowest BCUT2D eigenvalue weighted by atomic mass is 10.1. The molecule has 1 aromatic carbocycles. The van der Waals surface area contributed by atoms with Crippen LogP contribution < -0.4 is 9.46 Å². The number of benzene rings is 1. The summed E-state index contributed by atoms with van der Waals surface area (Å²) in [6.07, 6.45) is 3.23. The third kappa shape index (κ3) is 3.02. The molecule has 26 heavy (non-hydrogen) atoms.